The molecule has 3 rings (SSSR count). The highest BCUT2D eigenvalue weighted by atomic mass is 19.4. The molecule has 0 bridgehead atoms. The Balaban J connectivity index is 1.67. The molecule has 2 aliphatic rings. The Bertz CT molecular complexity index is 649. The predicted molar refractivity (Wildman–Crippen MR) is 85.4 cm³/mol. The predicted octanol–water partition coefficient (Wildman–Crippen LogP) is 3.26. The number of β-lactam (4-membered cyclic amide) rings is 1. The number of carbonyl (C=O) groups excluding carboxylic acids is 2. The minimum Gasteiger partial charge on any atom is -0.350 e. The number of halogens is 3. The average Bonchev–Trinajstić information content (AvgIpc) is 2.58. The van der Waals surface area contributed by atoms with Gasteiger partial charge in [-0.1, -0.05) is 31.4 Å². The van der Waals surface area contributed by atoms with Crippen molar-refractivity contribution in [2.24, 2.45) is 0 Å². The topological polar surface area (TPSA) is 49.4 Å². The number of nitrogens with zero attached hydrogens (tertiary/aromatic N) is 1. The lowest BCUT2D eigenvalue weighted by molar-refractivity contribution is -0.159. The molecule has 1 heterocycles. The molecule has 25 heavy (non-hydrogen) atoms. The van der Waals surface area contributed by atoms with E-state index >= 15 is 0 Å². The van der Waals surface area contributed by atoms with Gasteiger partial charge in [-0.3, -0.25) is 9.59 Å². The molecule has 0 spiro atoms. The maximum Gasteiger partial charge on any atom is 0.416 e. The minimum absolute atomic E-state index is 0.00609. The van der Waals surface area contributed by atoms with Gasteiger partial charge in [-0.25, -0.2) is 0 Å². The highest BCUT2D eigenvalue weighted by Crippen LogP contribution is 2.37. The molecule has 4 nitrogen and oxygen atoms in total. The fourth-order valence-corrected chi connectivity index (χ4v) is 3.68. The van der Waals surface area contributed by atoms with Gasteiger partial charge in [0.15, 0.2) is 0 Å². The van der Waals surface area contributed by atoms with Crippen molar-refractivity contribution < 1.29 is 22.8 Å². The molecule has 1 aromatic rings. The lowest BCUT2D eigenvalue weighted by atomic mass is 9.77. The SMILES string of the molecule is O=C1CCN1C1(C(=O)NCc2ccc(C(F)(F)F)cc2)CCCCC1. The van der Waals surface area contributed by atoms with E-state index in [9.17, 15) is 22.8 Å². The van der Waals surface area contributed by atoms with Gasteiger partial charge in [0, 0.05) is 19.5 Å². The smallest absolute Gasteiger partial charge is 0.350 e. The fourth-order valence-electron chi connectivity index (χ4n) is 3.68. The standard InChI is InChI=1S/C18H21F3N2O2/c19-18(20,21)14-6-4-13(5-7-14)12-22-16(25)17(9-2-1-3-10-17)23-11-8-15(23)24/h4-7H,1-3,8-12H2,(H,22,25). The van der Waals surface area contributed by atoms with Gasteiger partial charge in [0.1, 0.15) is 5.54 Å². The van der Waals surface area contributed by atoms with Crippen LogP contribution in [-0.4, -0.2) is 28.8 Å². The second kappa shape index (κ2) is 6.69. The van der Waals surface area contributed by atoms with Crippen molar-refractivity contribution in [3.05, 3.63) is 35.4 Å². The molecule has 1 N–H and O–H groups in total. The third kappa shape index (κ3) is 3.50. The van der Waals surface area contributed by atoms with Gasteiger partial charge in [-0.15, -0.1) is 0 Å². The Morgan fingerprint density at radius 1 is 1.12 bits per heavy atom. The molecule has 7 heteroatoms. The second-order valence-corrected chi connectivity index (χ2v) is 6.76. The fraction of sp³-hybridized carbons (Fsp3) is 0.556. The zero-order chi connectivity index (χ0) is 18.1. The molecule has 2 amide bonds. The quantitative estimate of drug-likeness (QED) is 0.844. The molecule has 2 fully saturated rings. The van der Waals surface area contributed by atoms with Crippen LogP contribution in [0.4, 0.5) is 13.2 Å². The molecular formula is C18H21F3N2O2. The van der Waals surface area contributed by atoms with Crippen LogP contribution in [0.1, 0.15) is 49.7 Å². The van der Waals surface area contributed by atoms with Gasteiger partial charge in [-0.2, -0.15) is 13.2 Å². The number of hydrogen-bond donors (Lipinski definition) is 1. The van der Waals surface area contributed by atoms with Crippen molar-refractivity contribution in [3.8, 4) is 0 Å². The Hall–Kier alpha value is -2.05. The largest absolute Gasteiger partial charge is 0.416 e. The van der Waals surface area contributed by atoms with E-state index in [1.807, 2.05) is 0 Å². The van der Waals surface area contributed by atoms with Gasteiger partial charge in [0.2, 0.25) is 11.8 Å². The van der Waals surface area contributed by atoms with Gasteiger partial charge >= 0.3 is 6.18 Å². The lowest BCUT2D eigenvalue weighted by Crippen LogP contribution is -2.65. The molecule has 0 atom stereocenters. The van der Waals surface area contributed by atoms with Gasteiger partial charge in [0.05, 0.1) is 5.56 Å². The Kier molecular flexibility index (Phi) is 4.75. The van der Waals surface area contributed by atoms with Crippen molar-refractivity contribution in [2.45, 2.75) is 56.8 Å². The first-order chi connectivity index (χ1) is 11.8. The van der Waals surface area contributed by atoms with Crippen LogP contribution in [0.5, 0.6) is 0 Å². The van der Waals surface area contributed by atoms with Crippen LogP contribution in [0.2, 0.25) is 0 Å². The molecular weight excluding hydrogens is 333 g/mol. The normalized spacial score (nSPS) is 20.1. The van der Waals surface area contributed by atoms with Gasteiger partial charge in [0.25, 0.3) is 0 Å². The Morgan fingerprint density at radius 2 is 1.76 bits per heavy atom. The lowest BCUT2D eigenvalue weighted by Gasteiger charge is -2.49. The van der Waals surface area contributed by atoms with E-state index in [1.165, 1.54) is 12.1 Å². The summed E-state index contributed by atoms with van der Waals surface area (Å²) in [5.74, 6) is -0.188. The summed E-state index contributed by atoms with van der Waals surface area (Å²) in [6.07, 6.45) is 0.264. The Labute approximate surface area is 144 Å². The maximum atomic E-state index is 12.8. The molecule has 1 saturated heterocycles. The second-order valence-electron chi connectivity index (χ2n) is 6.76. The van der Waals surface area contributed by atoms with E-state index in [-0.39, 0.29) is 18.4 Å². The maximum absolute atomic E-state index is 12.8. The Morgan fingerprint density at radius 3 is 2.24 bits per heavy atom. The molecule has 136 valence electrons. The summed E-state index contributed by atoms with van der Waals surface area (Å²) >= 11 is 0. The van der Waals surface area contributed by atoms with Crippen LogP contribution >= 0.6 is 0 Å². The zero-order valence-corrected chi connectivity index (χ0v) is 13.9. The number of carbonyl (C=O) groups is 2. The minimum atomic E-state index is -4.37. The summed E-state index contributed by atoms with van der Waals surface area (Å²) in [6, 6.07) is 4.75. The van der Waals surface area contributed by atoms with E-state index < -0.39 is 17.3 Å². The highest BCUT2D eigenvalue weighted by Gasteiger charge is 2.49. The summed E-state index contributed by atoms with van der Waals surface area (Å²) in [5, 5.41) is 2.82. The average molecular weight is 354 g/mol. The number of amides is 2. The molecule has 1 aliphatic heterocycles. The number of hydrogen-bond acceptors (Lipinski definition) is 2. The molecule has 0 unspecified atom stereocenters. The van der Waals surface area contributed by atoms with Crippen LogP contribution in [0, 0.1) is 0 Å². The number of nitrogens with one attached hydrogen (secondary N) is 1. The van der Waals surface area contributed by atoms with Crippen LogP contribution in [0.3, 0.4) is 0 Å². The van der Waals surface area contributed by atoms with Crippen molar-refractivity contribution in [1.82, 2.24) is 10.2 Å². The van der Waals surface area contributed by atoms with Crippen LogP contribution in [0.15, 0.2) is 24.3 Å². The van der Waals surface area contributed by atoms with E-state index in [4.69, 9.17) is 0 Å². The molecule has 1 aromatic carbocycles. The van der Waals surface area contributed by atoms with Gasteiger partial charge < -0.3 is 10.2 Å². The summed E-state index contributed by atoms with van der Waals surface area (Å²) in [6.45, 7) is 0.757. The number of rotatable bonds is 4. The third-order valence-corrected chi connectivity index (χ3v) is 5.20. The van der Waals surface area contributed by atoms with E-state index in [2.05, 4.69) is 5.32 Å². The van der Waals surface area contributed by atoms with Crippen LogP contribution < -0.4 is 5.32 Å². The van der Waals surface area contributed by atoms with E-state index in [1.54, 1.807) is 4.90 Å². The molecule has 1 saturated carbocycles. The monoisotopic (exact) mass is 354 g/mol. The van der Waals surface area contributed by atoms with Crippen molar-refractivity contribution in [3.63, 3.8) is 0 Å². The van der Waals surface area contributed by atoms with Crippen LogP contribution in [0.25, 0.3) is 0 Å². The summed E-state index contributed by atoms with van der Waals surface area (Å²) in [5.41, 5.74) is -0.890. The number of alkyl halides is 3. The first kappa shape index (κ1) is 17.8. The zero-order valence-electron chi connectivity index (χ0n) is 13.9. The third-order valence-electron chi connectivity index (χ3n) is 5.20. The van der Waals surface area contributed by atoms with Crippen LogP contribution in [-0.2, 0) is 22.3 Å². The van der Waals surface area contributed by atoms with Crippen molar-refractivity contribution in [1.29, 1.82) is 0 Å². The first-order valence-corrected chi connectivity index (χ1v) is 8.58. The van der Waals surface area contributed by atoms with Crippen molar-refractivity contribution >= 4 is 11.8 Å². The summed E-state index contributed by atoms with van der Waals surface area (Å²) in [7, 11) is 0. The van der Waals surface area contributed by atoms with Crippen molar-refractivity contribution in [2.75, 3.05) is 6.54 Å². The molecule has 0 aromatic heterocycles. The first-order valence-electron chi connectivity index (χ1n) is 8.58. The molecule has 1 aliphatic carbocycles. The summed E-state index contributed by atoms with van der Waals surface area (Å²) < 4.78 is 37.8. The highest BCUT2D eigenvalue weighted by molar-refractivity contribution is 5.94. The van der Waals surface area contributed by atoms with E-state index in [0.717, 1.165) is 31.4 Å². The summed E-state index contributed by atoms with van der Waals surface area (Å²) in [4.78, 5) is 26.4. The van der Waals surface area contributed by atoms with E-state index in [0.29, 0.717) is 31.4 Å². The number of benzene rings is 1. The van der Waals surface area contributed by atoms with Gasteiger partial charge in [-0.05, 0) is 30.5 Å². The number of likely N-dealkylation sites (tertiary alicyclic amines) is 1. The molecule has 0 radical (unpaired) electrons.